The lowest BCUT2D eigenvalue weighted by atomic mass is 10.3. The highest BCUT2D eigenvalue weighted by molar-refractivity contribution is 9.10. The number of rotatable bonds is 2. The molecule has 0 atom stereocenters. The number of nitrogens with two attached hydrogens (primary N) is 1. The summed E-state index contributed by atoms with van der Waals surface area (Å²) in [4.78, 5) is 0. The zero-order valence-electron chi connectivity index (χ0n) is 8.24. The van der Waals surface area contributed by atoms with Crippen LogP contribution in [0.5, 0.6) is 0 Å². The summed E-state index contributed by atoms with van der Waals surface area (Å²) in [6, 6.07) is 9.61. The Bertz CT molecular complexity index is 478. The van der Waals surface area contributed by atoms with Crippen molar-refractivity contribution in [1.29, 1.82) is 0 Å². The van der Waals surface area contributed by atoms with Gasteiger partial charge in [0.25, 0.3) is 0 Å². The molecular formula is C10H11BrN4. The highest BCUT2D eigenvalue weighted by Gasteiger charge is 2.05. The molecule has 0 aliphatic heterocycles. The number of hydrogen-bond acceptors (Lipinski definition) is 3. The van der Waals surface area contributed by atoms with Crippen molar-refractivity contribution in [2.45, 2.75) is 0 Å². The molecule has 2 aromatic rings. The van der Waals surface area contributed by atoms with Crippen LogP contribution in [-0.4, -0.2) is 16.8 Å². The first-order chi connectivity index (χ1) is 7.20. The van der Waals surface area contributed by atoms with Crippen molar-refractivity contribution >= 4 is 27.6 Å². The molecule has 2 rings (SSSR count). The topological polar surface area (TPSA) is 55.9 Å². The first-order valence-electron chi connectivity index (χ1n) is 4.50. The number of nitrogen functional groups attached to an aromatic ring is 1. The van der Waals surface area contributed by atoms with Crippen molar-refractivity contribution in [3.8, 4) is 5.69 Å². The third-order valence-electron chi connectivity index (χ3n) is 2.05. The van der Waals surface area contributed by atoms with Gasteiger partial charge in [-0.15, -0.1) is 5.10 Å². The minimum atomic E-state index is 0.609. The molecule has 3 N–H and O–H groups in total. The number of anilines is 2. The fraction of sp³-hybridized carbons (Fsp3) is 0.100. The van der Waals surface area contributed by atoms with Crippen LogP contribution < -0.4 is 11.1 Å². The van der Waals surface area contributed by atoms with Gasteiger partial charge < -0.3 is 11.1 Å². The van der Waals surface area contributed by atoms with Crippen LogP contribution in [0.2, 0.25) is 0 Å². The predicted octanol–water partition coefficient (Wildman–Crippen LogP) is 2.26. The monoisotopic (exact) mass is 266 g/mol. The summed E-state index contributed by atoms with van der Waals surface area (Å²) < 4.78 is 2.69. The summed E-state index contributed by atoms with van der Waals surface area (Å²) in [6.07, 6.45) is 0. The molecule has 0 unspecified atom stereocenters. The van der Waals surface area contributed by atoms with Gasteiger partial charge in [0.2, 0.25) is 0 Å². The highest BCUT2D eigenvalue weighted by Crippen LogP contribution is 2.19. The zero-order chi connectivity index (χ0) is 10.8. The Morgan fingerprint density at radius 2 is 2.20 bits per heavy atom. The van der Waals surface area contributed by atoms with E-state index in [0.717, 1.165) is 16.0 Å². The number of hydrogen-bond donors (Lipinski definition) is 2. The first-order valence-corrected chi connectivity index (χ1v) is 5.29. The summed E-state index contributed by atoms with van der Waals surface area (Å²) in [6.45, 7) is 0. The number of benzene rings is 1. The molecule has 0 radical (unpaired) electrons. The van der Waals surface area contributed by atoms with E-state index in [2.05, 4.69) is 26.3 Å². The van der Waals surface area contributed by atoms with Crippen molar-refractivity contribution in [3.63, 3.8) is 0 Å². The first kappa shape index (κ1) is 10.0. The number of nitrogens with one attached hydrogen (secondary N) is 1. The Kier molecular flexibility index (Phi) is 2.64. The Morgan fingerprint density at radius 3 is 2.80 bits per heavy atom. The van der Waals surface area contributed by atoms with E-state index in [9.17, 15) is 0 Å². The Hall–Kier alpha value is -1.49. The molecule has 1 heterocycles. The maximum absolute atomic E-state index is 5.84. The van der Waals surface area contributed by atoms with Crippen molar-refractivity contribution in [2.75, 3.05) is 18.1 Å². The van der Waals surface area contributed by atoms with Crippen LogP contribution in [-0.2, 0) is 0 Å². The van der Waals surface area contributed by atoms with E-state index in [1.54, 1.807) is 10.7 Å². The maximum Gasteiger partial charge on any atom is 0.150 e. The molecule has 0 amide bonds. The smallest absolute Gasteiger partial charge is 0.150 e. The summed E-state index contributed by atoms with van der Waals surface area (Å²) in [5.41, 5.74) is 6.78. The molecule has 15 heavy (non-hydrogen) atoms. The van der Waals surface area contributed by atoms with Gasteiger partial charge in [0.1, 0.15) is 11.6 Å². The summed E-state index contributed by atoms with van der Waals surface area (Å²) in [5, 5.41) is 7.25. The van der Waals surface area contributed by atoms with Crippen LogP contribution >= 0.6 is 15.9 Å². The normalized spacial score (nSPS) is 10.3. The number of aromatic nitrogens is 2. The Balaban J connectivity index is 2.48. The lowest BCUT2D eigenvalue weighted by molar-refractivity contribution is 0.893. The van der Waals surface area contributed by atoms with Crippen molar-refractivity contribution in [2.24, 2.45) is 0 Å². The van der Waals surface area contributed by atoms with Crippen molar-refractivity contribution in [3.05, 3.63) is 34.8 Å². The summed E-state index contributed by atoms with van der Waals surface area (Å²) in [5.74, 6) is 1.37. The molecule has 5 heteroatoms. The van der Waals surface area contributed by atoms with E-state index in [0.29, 0.717) is 5.82 Å². The lowest BCUT2D eigenvalue weighted by Crippen LogP contribution is -2.01. The summed E-state index contributed by atoms with van der Waals surface area (Å²) in [7, 11) is 1.81. The van der Waals surface area contributed by atoms with Gasteiger partial charge in [-0.25, -0.2) is 4.68 Å². The van der Waals surface area contributed by atoms with Gasteiger partial charge in [-0.2, -0.15) is 0 Å². The standard InChI is InChI=1S/C10H11BrN4/c1-13-10-6-9(12)15(14-10)8-4-2-3-7(11)5-8/h2-6H,12H2,1H3,(H,13,14). The predicted molar refractivity (Wildman–Crippen MR) is 65.2 cm³/mol. The lowest BCUT2D eigenvalue weighted by Gasteiger charge is -2.03. The van der Waals surface area contributed by atoms with Gasteiger partial charge >= 0.3 is 0 Å². The van der Waals surface area contributed by atoms with Crippen LogP contribution in [0.3, 0.4) is 0 Å². The van der Waals surface area contributed by atoms with E-state index >= 15 is 0 Å². The van der Waals surface area contributed by atoms with Crippen LogP contribution in [0.1, 0.15) is 0 Å². The average Bonchev–Trinajstić information content (AvgIpc) is 2.60. The fourth-order valence-electron chi connectivity index (χ4n) is 1.33. The molecule has 4 nitrogen and oxygen atoms in total. The molecule has 0 saturated carbocycles. The van der Waals surface area contributed by atoms with Crippen LogP contribution in [0.15, 0.2) is 34.8 Å². The molecule has 0 bridgehead atoms. The second kappa shape index (κ2) is 3.94. The molecule has 0 fully saturated rings. The van der Waals surface area contributed by atoms with E-state index in [1.165, 1.54) is 0 Å². The molecule has 78 valence electrons. The SMILES string of the molecule is CNc1cc(N)n(-c2cccc(Br)c2)n1. The molecule has 0 saturated heterocycles. The molecule has 0 spiro atoms. The molecular weight excluding hydrogens is 256 g/mol. The minimum absolute atomic E-state index is 0.609. The second-order valence-corrected chi connectivity index (χ2v) is 4.01. The summed E-state index contributed by atoms with van der Waals surface area (Å²) >= 11 is 3.41. The molecule has 1 aromatic carbocycles. The van der Waals surface area contributed by atoms with Gasteiger partial charge in [0.05, 0.1) is 5.69 Å². The Morgan fingerprint density at radius 1 is 1.40 bits per heavy atom. The van der Waals surface area contributed by atoms with Crippen LogP contribution in [0.4, 0.5) is 11.6 Å². The van der Waals surface area contributed by atoms with Gasteiger partial charge in [0, 0.05) is 17.6 Å². The molecule has 0 aliphatic rings. The largest absolute Gasteiger partial charge is 0.384 e. The second-order valence-electron chi connectivity index (χ2n) is 3.10. The van der Waals surface area contributed by atoms with Gasteiger partial charge in [-0.3, -0.25) is 0 Å². The Labute approximate surface area is 96.2 Å². The number of halogens is 1. The third-order valence-corrected chi connectivity index (χ3v) is 2.54. The van der Waals surface area contributed by atoms with E-state index in [4.69, 9.17) is 5.73 Å². The fourth-order valence-corrected chi connectivity index (χ4v) is 1.72. The van der Waals surface area contributed by atoms with Crippen LogP contribution in [0.25, 0.3) is 5.69 Å². The average molecular weight is 267 g/mol. The van der Waals surface area contributed by atoms with E-state index in [1.807, 2.05) is 31.3 Å². The molecule has 1 aromatic heterocycles. The minimum Gasteiger partial charge on any atom is -0.384 e. The van der Waals surface area contributed by atoms with Crippen molar-refractivity contribution in [1.82, 2.24) is 9.78 Å². The molecule has 0 aliphatic carbocycles. The van der Waals surface area contributed by atoms with Crippen LogP contribution in [0, 0.1) is 0 Å². The van der Waals surface area contributed by atoms with E-state index < -0.39 is 0 Å². The zero-order valence-corrected chi connectivity index (χ0v) is 9.82. The van der Waals surface area contributed by atoms with E-state index in [-0.39, 0.29) is 0 Å². The highest BCUT2D eigenvalue weighted by atomic mass is 79.9. The quantitative estimate of drug-likeness (QED) is 0.877. The third kappa shape index (κ3) is 1.97. The van der Waals surface area contributed by atoms with Crippen molar-refractivity contribution < 1.29 is 0 Å². The van der Waals surface area contributed by atoms with Gasteiger partial charge in [0.15, 0.2) is 0 Å². The maximum atomic E-state index is 5.84. The van der Waals surface area contributed by atoms with Gasteiger partial charge in [-0.1, -0.05) is 22.0 Å². The van der Waals surface area contributed by atoms with Gasteiger partial charge in [-0.05, 0) is 18.2 Å². The number of nitrogens with zero attached hydrogens (tertiary/aromatic N) is 2.